The lowest BCUT2D eigenvalue weighted by Gasteiger charge is -2.17. The number of aliphatic carboxylic acids is 1. The lowest BCUT2D eigenvalue weighted by atomic mass is 10.2. The van der Waals surface area contributed by atoms with E-state index in [1.165, 1.54) is 12.1 Å². The predicted molar refractivity (Wildman–Crippen MR) is 63.0 cm³/mol. The van der Waals surface area contributed by atoms with Gasteiger partial charge in [0.05, 0.1) is 0 Å². The fraction of sp³-hybridized carbons (Fsp3) is 0.417. The molecule has 4 nitrogen and oxygen atoms in total. The van der Waals surface area contributed by atoms with Gasteiger partial charge in [0.2, 0.25) is 0 Å². The van der Waals surface area contributed by atoms with Gasteiger partial charge in [-0.1, -0.05) is 12.1 Å². The van der Waals surface area contributed by atoms with Gasteiger partial charge in [-0.2, -0.15) is 0 Å². The van der Waals surface area contributed by atoms with Crippen LogP contribution in [0.1, 0.15) is 12.0 Å². The highest BCUT2D eigenvalue weighted by Crippen LogP contribution is 2.06. The minimum atomic E-state index is -0.996. The summed E-state index contributed by atoms with van der Waals surface area (Å²) in [4.78, 5) is 12.4. The molecule has 0 fully saturated rings. The summed E-state index contributed by atoms with van der Waals surface area (Å²) in [6.07, 6.45) is 0.376. The minimum absolute atomic E-state index is 0.266. The Morgan fingerprint density at radius 2 is 2.29 bits per heavy atom. The van der Waals surface area contributed by atoms with Gasteiger partial charge in [-0.3, -0.25) is 4.79 Å². The molecule has 5 heteroatoms. The van der Waals surface area contributed by atoms with Crippen LogP contribution in [-0.4, -0.2) is 35.6 Å². The first kappa shape index (κ1) is 13.6. The molecular formula is C12H17FN2O2. The molecule has 0 aliphatic rings. The number of nitrogens with two attached hydrogens (primary N) is 1. The summed E-state index contributed by atoms with van der Waals surface area (Å²) in [6, 6.07) is 5.50. The highest BCUT2D eigenvalue weighted by molar-refractivity contribution is 5.72. The third-order valence-corrected chi connectivity index (χ3v) is 2.48. The Balaban J connectivity index is 2.39. The number of carboxylic acids is 1. The molecule has 3 N–H and O–H groups in total. The van der Waals surface area contributed by atoms with Crippen LogP contribution in [0.2, 0.25) is 0 Å². The Kier molecular flexibility index (Phi) is 5.06. The van der Waals surface area contributed by atoms with E-state index in [-0.39, 0.29) is 5.82 Å². The molecule has 1 aromatic carbocycles. The van der Waals surface area contributed by atoms with Gasteiger partial charge in [0.25, 0.3) is 0 Å². The molecule has 0 spiro atoms. The molecule has 94 valence electrons. The van der Waals surface area contributed by atoms with E-state index in [2.05, 4.69) is 0 Å². The molecule has 0 amide bonds. The number of hydrogen-bond acceptors (Lipinski definition) is 3. The van der Waals surface area contributed by atoms with E-state index in [9.17, 15) is 9.18 Å². The second kappa shape index (κ2) is 6.32. The van der Waals surface area contributed by atoms with Gasteiger partial charge in [-0.25, -0.2) is 4.39 Å². The molecular weight excluding hydrogens is 223 g/mol. The number of nitrogens with zero attached hydrogens (tertiary/aromatic N) is 1. The quantitative estimate of drug-likeness (QED) is 0.780. The first-order chi connectivity index (χ1) is 7.99. The van der Waals surface area contributed by atoms with Crippen LogP contribution in [0.5, 0.6) is 0 Å². The molecule has 1 unspecified atom stereocenters. The zero-order valence-electron chi connectivity index (χ0n) is 9.77. The lowest BCUT2D eigenvalue weighted by molar-refractivity contribution is -0.138. The number of rotatable bonds is 6. The number of hydrogen-bond donors (Lipinski definition) is 2. The molecule has 0 heterocycles. The summed E-state index contributed by atoms with van der Waals surface area (Å²) in [6.45, 7) is 1.13. The maximum Gasteiger partial charge on any atom is 0.320 e. The van der Waals surface area contributed by atoms with Gasteiger partial charge in [-0.05, 0) is 31.2 Å². The molecule has 0 saturated carbocycles. The van der Waals surface area contributed by atoms with E-state index in [1.54, 1.807) is 6.07 Å². The van der Waals surface area contributed by atoms with Gasteiger partial charge in [0.15, 0.2) is 0 Å². The minimum Gasteiger partial charge on any atom is -0.480 e. The number of carboxylic acid groups (broad SMARTS) is 1. The van der Waals surface area contributed by atoms with E-state index in [0.29, 0.717) is 19.5 Å². The van der Waals surface area contributed by atoms with Crippen LogP contribution in [0.3, 0.4) is 0 Å². The number of carbonyl (C=O) groups is 1. The van der Waals surface area contributed by atoms with Gasteiger partial charge in [0.1, 0.15) is 11.9 Å². The van der Waals surface area contributed by atoms with Gasteiger partial charge in [0, 0.05) is 13.1 Å². The molecule has 0 bridgehead atoms. The summed E-state index contributed by atoms with van der Waals surface area (Å²) < 4.78 is 12.9. The Labute approximate surface area is 99.8 Å². The van der Waals surface area contributed by atoms with Crippen LogP contribution in [0, 0.1) is 5.82 Å². The molecule has 0 aromatic heterocycles. The van der Waals surface area contributed by atoms with Crippen molar-refractivity contribution < 1.29 is 14.3 Å². The summed E-state index contributed by atoms with van der Waals surface area (Å²) >= 11 is 0. The number of halogens is 1. The monoisotopic (exact) mass is 240 g/mol. The largest absolute Gasteiger partial charge is 0.480 e. The summed E-state index contributed by atoms with van der Waals surface area (Å²) in [5.41, 5.74) is 6.25. The van der Waals surface area contributed by atoms with Crippen molar-refractivity contribution in [2.75, 3.05) is 13.6 Å². The molecule has 0 aliphatic heterocycles. The van der Waals surface area contributed by atoms with E-state index in [4.69, 9.17) is 10.8 Å². The summed E-state index contributed by atoms with van der Waals surface area (Å²) in [5, 5.41) is 8.63. The smallest absolute Gasteiger partial charge is 0.320 e. The van der Waals surface area contributed by atoms with Crippen molar-refractivity contribution >= 4 is 5.97 Å². The van der Waals surface area contributed by atoms with E-state index in [0.717, 1.165) is 5.56 Å². The van der Waals surface area contributed by atoms with Crippen LogP contribution >= 0.6 is 0 Å². The first-order valence-corrected chi connectivity index (χ1v) is 5.40. The van der Waals surface area contributed by atoms with Gasteiger partial charge < -0.3 is 15.7 Å². The van der Waals surface area contributed by atoms with Crippen molar-refractivity contribution in [3.05, 3.63) is 35.6 Å². The van der Waals surface area contributed by atoms with Crippen molar-refractivity contribution in [2.24, 2.45) is 5.73 Å². The molecule has 0 radical (unpaired) electrons. The first-order valence-electron chi connectivity index (χ1n) is 5.40. The third-order valence-electron chi connectivity index (χ3n) is 2.48. The molecule has 17 heavy (non-hydrogen) atoms. The average Bonchev–Trinajstić information content (AvgIpc) is 2.25. The zero-order chi connectivity index (χ0) is 12.8. The van der Waals surface area contributed by atoms with Crippen LogP contribution in [-0.2, 0) is 11.3 Å². The zero-order valence-corrected chi connectivity index (χ0v) is 9.77. The van der Waals surface area contributed by atoms with E-state index >= 15 is 0 Å². The van der Waals surface area contributed by atoms with Crippen LogP contribution in [0.25, 0.3) is 0 Å². The Bertz CT molecular complexity index is 385. The maximum atomic E-state index is 12.9. The molecule has 1 aromatic rings. The van der Waals surface area contributed by atoms with Crippen molar-refractivity contribution in [2.45, 2.75) is 19.0 Å². The lowest BCUT2D eigenvalue weighted by Crippen LogP contribution is -2.34. The second-order valence-electron chi connectivity index (χ2n) is 4.10. The van der Waals surface area contributed by atoms with Gasteiger partial charge in [-0.15, -0.1) is 0 Å². The third kappa shape index (κ3) is 4.93. The van der Waals surface area contributed by atoms with Crippen molar-refractivity contribution in [1.82, 2.24) is 4.90 Å². The Morgan fingerprint density at radius 3 is 2.88 bits per heavy atom. The van der Waals surface area contributed by atoms with Crippen LogP contribution in [0.4, 0.5) is 4.39 Å². The summed E-state index contributed by atoms with van der Waals surface area (Å²) in [7, 11) is 1.85. The van der Waals surface area contributed by atoms with Crippen molar-refractivity contribution in [1.29, 1.82) is 0 Å². The SMILES string of the molecule is CN(CCC(N)C(=O)O)Cc1cccc(F)c1. The topological polar surface area (TPSA) is 66.6 Å². The Morgan fingerprint density at radius 1 is 1.59 bits per heavy atom. The second-order valence-corrected chi connectivity index (χ2v) is 4.10. The van der Waals surface area contributed by atoms with Crippen molar-refractivity contribution in [3.63, 3.8) is 0 Å². The van der Waals surface area contributed by atoms with E-state index < -0.39 is 12.0 Å². The predicted octanol–water partition coefficient (Wildman–Crippen LogP) is 1.06. The average molecular weight is 240 g/mol. The highest BCUT2D eigenvalue weighted by atomic mass is 19.1. The molecule has 1 atom stereocenters. The van der Waals surface area contributed by atoms with Gasteiger partial charge >= 0.3 is 5.97 Å². The number of benzene rings is 1. The molecule has 0 saturated heterocycles. The standard InChI is InChI=1S/C12H17FN2O2/c1-15(6-5-11(14)12(16)17)8-9-3-2-4-10(13)7-9/h2-4,7,11H,5-6,8,14H2,1H3,(H,16,17). The Hall–Kier alpha value is -1.46. The van der Waals surface area contributed by atoms with Crippen LogP contribution < -0.4 is 5.73 Å². The van der Waals surface area contributed by atoms with Crippen LogP contribution in [0.15, 0.2) is 24.3 Å². The summed E-state index contributed by atoms with van der Waals surface area (Å²) in [5.74, 6) is -1.26. The normalized spacial score (nSPS) is 12.7. The fourth-order valence-electron chi connectivity index (χ4n) is 1.51. The van der Waals surface area contributed by atoms with Crippen molar-refractivity contribution in [3.8, 4) is 0 Å². The molecule has 1 rings (SSSR count). The maximum absolute atomic E-state index is 12.9. The molecule has 0 aliphatic carbocycles. The van der Waals surface area contributed by atoms with E-state index in [1.807, 2.05) is 18.0 Å². The highest BCUT2D eigenvalue weighted by Gasteiger charge is 2.12. The fourth-order valence-corrected chi connectivity index (χ4v) is 1.51.